The number of nitrogens with zero attached hydrogens (tertiary/aromatic N) is 1. The number of rotatable bonds is 6. The van der Waals surface area contributed by atoms with Crippen molar-refractivity contribution in [2.75, 3.05) is 32.1 Å². The van der Waals surface area contributed by atoms with E-state index in [0.717, 1.165) is 32.7 Å². The number of benzene rings is 1. The lowest BCUT2D eigenvalue weighted by Gasteiger charge is -2.19. The zero-order valence-corrected chi connectivity index (χ0v) is 11.7. The summed E-state index contributed by atoms with van der Waals surface area (Å²) >= 11 is 0. The molecule has 0 saturated heterocycles. The van der Waals surface area contributed by atoms with Crippen LogP contribution in [0, 0.1) is 0 Å². The topological polar surface area (TPSA) is 24.5 Å². The van der Waals surface area contributed by atoms with E-state index in [-0.39, 0.29) is 0 Å². The first-order chi connectivity index (χ1) is 8.66. The molecule has 1 aliphatic heterocycles. The van der Waals surface area contributed by atoms with Gasteiger partial charge in [0.05, 0.1) is 12.7 Å². The zero-order valence-electron chi connectivity index (χ0n) is 11.7. The van der Waals surface area contributed by atoms with Crippen LogP contribution in [0.3, 0.4) is 0 Å². The smallest absolute Gasteiger partial charge is 0.0596 e. The van der Waals surface area contributed by atoms with Gasteiger partial charge in [0.2, 0.25) is 0 Å². The molecule has 0 bridgehead atoms. The Kier molecular flexibility index (Phi) is 4.61. The van der Waals surface area contributed by atoms with Crippen molar-refractivity contribution < 1.29 is 4.74 Å². The average Bonchev–Trinajstić information content (AvgIpc) is 2.77. The van der Waals surface area contributed by atoms with Gasteiger partial charge in [0.15, 0.2) is 0 Å². The van der Waals surface area contributed by atoms with Gasteiger partial charge >= 0.3 is 0 Å². The number of likely N-dealkylation sites (N-methyl/N-ethyl adjacent to an activating group) is 1. The van der Waals surface area contributed by atoms with E-state index in [2.05, 4.69) is 49.3 Å². The van der Waals surface area contributed by atoms with Crippen molar-refractivity contribution in [3.8, 4) is 0 Å². The Morgan fingerprint density at radius 1 is 1.39 bits per heavy atom. The van der Waals surface area contributed by atoms with Crippen molar-refractivity contribution in [3.63, 3.8) is 0 Å². The molecule has 2 rings (SSSR count). The van der Waals surface area contributed by atoms with Crippen molar-refractivity contribution in [2.45, 2.75) is 32.9 Å². The van der Waals surface area contributed by atoms with Crippen LogP contribution in [0.5, 0.6) is 0 Å². The fourth-order valence-electron chi connectivity index (χ4n) is 2.36. The van der Waals surface area contributed by atoms with Crippen LogP contribution in [0.2, 0.25) is 0 Å². The van der Waals surface area contributed by atoms with Crippen molar-refractivity contribution in [2.24, 2.45) is 0 Å². The van der Waals surface area contributed by atoms with Crippen LogP contribution in [-0.4, -0.2) is 37.7 Å². The lowest BCUT2D eigenvalue weighted by atomic mass is 10.1. The molecule has 0 amide bonds. The maximum atomic E-state index is 5.59. The lowest BCUT2D eigenvalue weighted by Crippen LogP contribution is -2.24. The summed E-state index contributed by atoms with van der Waals surface area (Å²) in [6.45, 7) is 7.99. The molecule has 0 spiro atoms. The molecule has 3 heteroatoms. The maximum absolute atomic E-state index is 5.59. The minimum Gasteiger partial charge on any atom is -0.384 e. The average molecular weight is 248 g/mol. The van der Waals surface area contributed by atoms with Gasteiger partial charge in [0, 0.05) is 25.3 Å². The molecule has 100 valence electrons. The second-order valence-electron chi connectivity index (χ2n) is 5.29. The number of anilines is 1. The van der Waals surface area contributed by atoms with Gasteiger partial charge in [-0.05, 0) is 38.4 Å². The Labute approximate surface area is 110 Å². The van der Waals surface area contributed by atoms with Crippen molar-refractivity contribution in [1.82, 2.24) is 4.90 Å². The van der Waals surface area contributed by atoms with Crippen LogP contribution in [-0.2, 0) is 17.7 Å². The summed E-state index contributed by atoms with van der Waals surface area (Å²) in [5.41, 5.74) is 4.21. The van der Waals surface area contributed by atoms with Crippen LogP contribution in [0.1, 0.15) is 25.0 Å². The molecule has 0 radical (unpaired) electrons. The highest BCUT2D eigenvalue weighted by Gasteiger charge is 2.14. The normalized spacial score (nSPS) is 14.1. The quantitative estimate of drug-likeness (QED) is 0.837. The van der Waals surface area contributed by atoms with Crippen LogP contribution >= 0.6 is 0 Å². The van der Waals surface area contributed by atoms with Crippen LogP contribution < -0.4 is 5.32 Å². The fourth-order valence-corrected chi connectivity index (χ4v) is 2.36. The number of hydrogen-bond acceptors (Lipinski definition) is 3. The number of nitrogens with one attached hydrogen (secondary N) is 1. The predicted molar refractivity (Wildman–Crippen MR) is 76.1 cm³/mol. The van der Waals surface area contributed by atoms with Crippen molar-refractivity contribution in [3.05, 3.63) is 29.3 Å². The van der Waals surface area contributed by atoms with Crippen molar-refractivity contribution >= 4 is 5.69 Å². The third-order valence-corrected chi connectivity index (χ3v) is 3.30. The van der Waals surface area contributed by atoms with Crippen LogP contribution in [0.4, 0.5) is 5.69 Å². The highest BCUT2D eigenvalue weighted by atomic mass is 16.5. The molecule has 1 aromatic rings. The molecule has 1 heterocycles. The number of para-hydroxylation sites is 1. The van der Waals surface area contributed by atoms with Gasteiger partial charge in [0.1, 0.15) is 0 Å². The largest absolute Gasteiger partial charge is 0.384 e. The Morgan fingerprint density at radius 3 is 3.00 bits per heavy atom. The SMILES string of the molecule is CC(C)OCCN(C)Cc1cccc2c1NCC2. The van der Waals surface area contributed by atoms with E-state index in [1.807, 2.05) is 0 Å². The molecular formula is C15H24N2O. The third kappa shape index (κ3) is 3.47. The third-order valence-electron chi connectivity index (χ3n) is 3.30. The summed E-state index contributed by atoms with van der Waals surface area (Å²) < 4.78 is 5.59. The Morgan fingerprint density at radius 2 is 2.22 bits per heavy atom. The van der Waals surface area contributed by atoms with E-state index in [9.17, 15) is 0 Å². The van der Waals surface area contributed by atoms with Gasteiger partial charge in [-0.15, -0.1) is 0 Å². The predicted octanol–water partition coefficient (Wildman–Crippen LogP) is 2.51. The number of fused-ring (bicyclic) bond motifs is 1. The van der Waals surface area contributed by atoms with Gasteiger partial charge in [-0.25, -0.2) is 0 Å². The summed E-state index contributed by atoms with van der Waals surface area (Å²) in [7, 11) is 2.15. The van der Waals surface area contributed by atoms with Crippen LogP contribution in [0.25, 0.3) is 0 Å². The van der Waals surface area contributed by atoms with E-state index in [1.165, 1.54) is 16.8 Å². The number of ether oxygens (including phenoxy) is 1. The summed E-state index contributed by atoms with van der Waals surface area (Å²) in [5, 5.41) is 3.49. The highest BCUT2D eigenvalue weighted by Crippen LogP contribution is 2.26. The molecule has 0 saturated carbocycles. The summed E-state index contributed by atoms with van der Waals surface area (Å²) in [5.74, 6) is 0. The molecule has 1 aliphatic rings. The first-order valence-corrected chi connectivity index (χ1v) is 6.81. The molecule has 0 fully saturated rings. The fraction of sp³-hybridized carbons (Fsp3) is 0.600. The van der Waals surface area contributed by atoms with Gasteiger partial charge in [-0.2, -0.15) is 0 Å². The molecular weight excluding hydrogens is 224 g/mol. The first-order valence-electron chi connectivity index (χ1n) is 6.81. The second kappa shape index (κ2) is 6.21. The van der Waals surface area contributed by atoms with E-state index in [4.69, 9.17) is 4.74 Å². The van der Waals surface area contributed by atoms with Gasteiger partial charge in [-0.1, -0.05) is 18.2 Å². The highest BCUT2D eigenvalue weighted by molar-refractivity contribution is 5.61. The minimum atomic E-state index is 0.320. The Hall–Kier alpha value is -1.06. The zero-order chi connectivity index (χ0) is 13.0. The first kappa shape index (κ1) is 13.4. The van der Waals surface area contributed by atoms with E-state index in [1.54, 1.807) is 0 Å². The van der Waals surface area contributed by atoms with E-state index < -0.39 is 0 Å². The lowest BCUT2D eigenvalue weighted by molar-refractivity contribution is 0.0627. The minimum absolute atomic E-state index is 0.320. The maximum Gasteiger partial charge on any atom is 0.0596 e. The molecule has 0 aromatic heterocycles. The molecule has 0 atom stereocenters. The molecule has 0 aliphatic carbocycles. The Balaban J connectivity index is 1.87. The van der Waals surface area contributed by atoms with Crippen molar-refractivity contribution in [1.29, 1.82) is 0 Å². The molecule has 0 unspecified atom stereocenters. The van der Waals surface area contributed by atoms with Gasteiger partial charge in [0.25, 0.3) is 0 Å². The number of hydrogen-bond donors (Lipinski definition) is 1. The van der Waals surface area contributed by atoms with E-state index in [0.29, 0.717) is 6.10 Å². The molecule has 1 aromatic carbocycles. The van der Waals surface area contributed by atoms with Gasteiger partial charge < -0.3 is 10.1 Å². The molecule has 1 N–H and O–H groups in total. The summed E-state index contributed by atoms with van der Waals surface area (Å²) in [6, 6.07) is 6.61. The Bertz CT molecular complexity index is 390. The van der Waals surface area contributed by atoms with Crippen LogP contribution in [0.15, 0.2) is 18.2 Å². The second-order valence-corrected chi connectivity index (χ2v) is 5.29. The van der Waals surface area contributed by atoms with Gasteiger partial charge in [-0.3, -0.25) is 4.90 Å². The molecule has 3 nitrogen and oxygen atoms in total. The standard InChI is InChI=1S/C15H24N2O/c1-12(2)18-10-9-17(3)11-14-6-4-5-13-7-8-16-15(13)14/h4-6,12,16H,7-11H2,1-3H3. The van der Waals surface area contributed by atoms with E-state index >= 15 is 0 Å². The molecule has 18 heavy (non-hydrogen) atoms. The monoisotopic (exact) mass is 248 g/mol. The summed E-state index contributed by atoms with van der Waals surface area (Å²) in [4.78, 5) is 2.32. The summed E-state index contributed by atoms with van der Waals surface area (Å²) in [6.07, 6.45) is 1.48.